The molecule has 3 aliphatic rings. The van der Waals surface area contributed by atoms with Crippen LogP contribution in [-0.4, -0.2) is 0 Å². The summed E-state index contributed by atoms with van der Waals surface area (Å²) >= 11 is 1.87. The van der Waals surface area contributed by atoms with Crippen LogP contribution < -0.4 is 14.7 Å². The molecule has 0 bridgehead atoms. The predicted molar refractivity (Wildman–Crippen MR) is 271 cm³/mol. The Balaban J connectivity index is 1.00. The minimum Gasteiger partial charge on any atom is -0.311 e. The predicted octanol–water partition coefficient (Wildman–Crippen LogP) is 16.9. The zero-order valence-corrected chi connectivity index (χ0v) is 36.2. The maximum atomic E-state index is 2.53. The third kappa shape index (κ3) is 5.71. The van der Waals surface area contributed by atoms with E-state index in [1.807, 2.05) is 11.8 Å². The lowest BCUT2D eigenvalue weighted by atomic mass is 9.64. The first-order chi connectivity index (χ1) is 32.3. The SMILES string of the molecule is c1ccc(-c2ccc(N(c3ccccc3)c3ccc(N4c5ccccc5Sc5ccc6c(c54)-c4ccccc4C64c5ccccc5N(c5ccccc5)c5ccccc54)cc3)cc2)cc1. The molecule has 0 amide bonds. The third-order valence-corrected chi connectivity index (χ3v) is 14.5. The van der Waals surface area contributed by atoms with Crippen LogP contribution in [0, 0.1) is 0 Å². The Bertz CT molecular complexity index is 3360. The first-order valence-electron chi connectivity index (χ1n) is 22.3. The van der Waals surface area contributed by atoms with Gasteiger partial charge in [-0.05, 0) is 130 Å². The highest BCUT2D eigenvalue weighted by Gasteiger charge is 2.53. The lowest BCUT2D eigenvalue weighted by Crippen LogP contribution is -2.36. The molecule has 1 spiro atoms. The first-order valence-corrected chi connectivity index (χ1v) is 23.1. The molecule has 1 aliphatic carbocycles. The Morgan fingerprint density at radius 1 is 0.323 bits per heavy atom. The first kappa shape index (κ1) is 37.5. The number of rotatable bonds is 6. The number of fused-ring (bicyclic) bond motifs is 12. The van der Waals surface area contributed by atoms with Crippen molar-refractivity contribution in [2.45, 2.75) is 15.2 Å². The number of benzene rings is 10. The number of hydrogen-bond donors (Lipinski definition) is 0. The van der Waals surface area contributed by atoms with Gasteiger partial charge in [-0.15, -0.1) is 0 Å². The van der Waals surface area contributed by atoms with Crippen LogP contribution in [0.1, 0.15) is 22.3 Å². The van der Waals surface area contributed by atoms with E-state index in [0.717, 1.165) is 28.4 Å². The topological polar surface area (TPSA) is 9.72 Å². The van der Waals surface area contributed by atoms with E-state index in [2.05, 4.69) is 263 Å². The van der Waals surface area contributed by atoms with Crippen LogP contribution in [0.25, 0.3) is 22.3 Å². The van der Waals surface area contributed by atoms with Gasteiger partial charge in [0.25, 0.3) is 0 Å². The van der Waals surface area contributed by atoms with Gasteiger partial charge < -0.3 is 14.7 Å². The average molecular weight is 848 g/mol. The lowest BCUT2D eigenvalue weighted by molar-refractivity contribution is 0.752. The van der Waals surface area contributed by atoms with E-state index < -0.39 is 5.41 Å². The molecule has 0 radical (unpaired) electrons. The maximum Gasteiger partial charge on any atom is 0.0755 e. The van der Waals surface area contributed by atoms with E-state index in [1.54, 1.807) is 0 Å². The normalized spacial score (nSPS) is 13.5. The fourth-order valence-corrected chi connectivity index (χ4v) is 11.8. The Morgan fingerprint density at radius 3 is 1.49 bits per heavy atom. The van der Waals surface area contributed by atoms with Gasteiger partial charge >= 0.3 is 0 Å². The minimum atomic E-state index is -0.553. The monoisotopic (exact) mass is 847 g/mol. The maximum absolute atomic E-state index is 2.53. The highest BCUT2D eigenvalue weighted by Crippen LogP contribution is 2.67. The third-order valence-electron chi connectivity index (χ3n) is 13.4. The van der Waals surface area contributed by atoms with Gasteiger partial charge in [-0.1, -0.05) is 169 Å². The molecule has 2 aliphatic heterocycles. The zero-order chi connectivity index (χ0) is 42.9. The molecular weight excluding hydrogens is 807 g/mol. The van der Waals surface area contributed by atoms with Gasteiger partial charge in [0.1, 0.15) is 0 Å². The summed E-state index contributed by atoms with van der Waals surface area (Å²) in [7, 11) is 0. The van der Waals surface area contributed by atoms with Gasteiger partial charge in [-0.2, -0.15) is 0 Å². The van der Waals surface area contributed by atoms with Crippen LogP contribution in [0.15, 0.2) is 259 Å². The van der Waals surface area contributed by atoms with Crippen molar-refractivity contribution in [1.29, 1.82) is 0 Å². The van der Waals surface area contributed by atoms with Crippen LogP contribution in [-0.2, 0) is 5.41 Å². The fraction of sp³-hybridized carbons (Fsp3) is 0.0164. The van der Waals surface area contributed by atoms with E-state index >= 15 is 0 Å². The van der Waals surface area contributed by atoms with E-state index in [4.69, 9.17) is 0 Å². The van der Waals surface area contributed by atoms with Crippen LogP contribution in [0.3, 0.4) is 0 Å². The molecule has 10 aromatic carbocycles. The molecule has 10 aromatic rings. The molecule has 0 fully saturated rings. The highest BCUT2D eigenvalue weighted by atomic mass is 32.2. The van der Waals surface area contributed by atoms with Gasteiger partial charge in [0.05, 0.1) is 28.2 Å². The van der Waals surface area contributed by atoms with Crippen molar-refractivity contribution in [2.24, 2.45) is 0 Å². The summed E-state index contributed by atoms with van der Waals surface area (Å²) in [4.78, 5) is 9.80. The van der Waals surface area contributed by atoms with Crippen LogP contribution in [0.4, 0.5) is 51.2 Å². The molecular formula is C61H41N3S. The van der Waals surface area contributed by atoms with Crippen molar-refractivity contribution in [2.75, 3.05) is 14.7 Å². The number of hydrogen-bond acceptors (Lipinski definition) is 4. The minimum absolute atomic E-state index is 0.553. The molecule has 0 N–H and O–H groups in total. The van der Waals surface area contributed by atoms with Crippen molar-refractivity contribution in [3.8, 4) is 22.3 Å². The van der Waals surface area contributed by atoms with Crippen molar-refractivity contribution in [3.63, 3.8) is 0 Å². The summed E-state index contributed by atoms with van der Waals surface area (Å²) in [5, 5.41) is 0. The average Bonchev–Trinajstić information content (AvgIpc) is 3.68. The van der Waals surface area contributed by atoms with E-state index in [9.17, 15) is 0 Å². The van der Waals surface area contributed by atoms with E-state index in [1.165, 1.54) is 77.0 Å². The number of anilines is 9. The summed E-state index contributed by atoms with van der Waals surface area (Å²) in [6.45, 7) is 0. The van der Waals surface area contributed by atoms with Gasteiger partial charge in [0, 0.05) is 43.8 Å². The summed E-state index contributed by atoms with van der Waals surface area (Å²) < 4.78 is 0. The largest absolute Gasteiger partial charge is 0.311 e. The molecule has 0 saturated carbocycles. The molecule has 4 heteroatoms. The molecule has 0 aromatic heterocycles. The van der Waals surface area contributed by atoms with Crippen molar-refractivity contribution in [1.82, 2.24) is 0 Å². The van der Waals surface area contributed by atoms with Crippen LogP contribution >= 0.6 is 11.8 Å². The summed E-state index contributed by atoms with van der Waals surface area (Å²) in [5.41, 5.74) is 20.0. The van der Waals surface area contributed by atoms with Crippen LogP contribution in [0.2, 0.25) is 0 Å². The van der Waals surface area contributed by atoms with Gasteiger partial charge in [0.2, 0.25) is 0 Å². The van der Waals surface area contributed by atoms with Gasteiger partial charge in [-0.3, -0.25) is 0 Å². The molecule has 65 heavy (non-hydrogen) atoms. The van der Waals surface area contributed by atoms with Crippen molar-refractivity contribution in [3.05, 3.63) is 271 Å². The Kier molecular flexibility index (Phi) is 8.68. The number of nitrogens with zero attached hydrogens (tertiary/aromatic N) is 3. The van der Waals surface area contributed by atoms with Gasteiger partial charge in [-0.25, -0.2) is 0 Å². The lowest BCUT2D eigenvalue weighted by Gasteiger charge is -2.45. The molecule has 0 saturated heterocycles. The Labute approximate surface area is 384 Å². The molecule has 2 heterocycles. The quantitative estimate of drug-likeness (QED) is 0.165. The standard InChI is InChI=1S/C61H41N3S/c1-4-18-42(19-5-1)43-32-34-46(35-33-43)62(44-20-6-2-7-21-44)47-36-38-48(39-37-47)64-56-30-16-17-31-57(56)65-58-41-40-53-59(60(58)64)49-24-10-11-25-50(49)61(53)51-26-12-14-28-54(51)63(45-22-8-3-9-23-45)55-29-15-13-27-52(55)61/h1-41H. The van der Waals surface area contributed by atoms with Crippen LogP contribution in [0.5, 0.6) is 0 Å². The molecule has 0 atom stereocenters. The number of para-hydroxylation sites is 5. The molecule has 306 valence electrons. The zero-order valence-electron chi connectivity index (χ0n) is 35.4. The molecule has 0 unspecified atom stereocenters. The summed E-state index contributed by atoms with van der Waals surface area (Å²) in [6.07, 6.45) is 0. The van der Waals surface area contributed by atoms with E-state index in [-0.39, 0.29) is 0 Å². The van der Waals surface area contributed by atoms with Crippen molar-refractivity contribution >= 4 is 62.9 Å². The highest BCUT2D eigenvalue weighted by molar-refractivity contribution is 7.99. The van der Waals surface area contributed by atoms with Gasteiger partial charge in [0.15, 0.2) is 0 Å². The Morgan fingerprint density at radius 2 is 0.815 bits per heavy atom. The Hall–Kier alpha value is -8.05. The summed E-state index contributed by atoms with van der Waals surface area (Å²) in [5.74, 6) is 0. The second-order valence-electron chi connectivity index (χ2n) is 16.8. The second-order valence-corrected chi connectivity index (χ2v) is 17.9. The molecule has 3 nitrogen and oxygen atoms in total. The fourth-order valence-electron chi connectivity index (χ4n) is 10.8. The van der Waals surface area contributed by atoms with E-state index in [0.29, 0.717) is 0 Å². The second kappa shape index (κ2) is 15.0. The summed E-state index contributed by atoms with van der Waals surface area (Å²) in [6, 6.07) is 91.1. The molecule has 13 rings (SSSR count). The van der Waals surface area contributed by atoms with Crippen molar-refractivity contribution < 1.29 is 0 Å². The smallest absolute Gasteiger partial charge is 0.0755 e.